The highest BCUT2D eigenvalue weighted by Crippen LogP contribution is 2.36. The van der Waals surface area contributed by atoms with E-state index in [4.69, 9.17) is 9.47 Å². The summed E-state index contributed by atoms with van der Waals surface area (Å²) in [6.07, 6.45) is 0.0750. The van der Waals surface area contributed by atoms with Crippen LogP contribution in [0.3, 0.4) is 0 Å². The predicted octanol–water partition coefficient (Wildman–Crippen LogP) is 2.77. The van der Waals surface area contributed by atoms with Gasteiger partial charge in [0, 0.05) is 12.7 Å². The van der Waals surface area contributed by atoms with Crippen LogP contribution in [0.1, 0.15) is 28.4 Å². The van der Waals surface area contributed by atoms with E-state index in [1.807, 2.05) is 6.07 Å². The lowest BCUT2D eigenvalue weighted by Gasteiger charge is -2.24. The van der Waals surface area contributed by atoms with Crippen LogP contribution in [0.2, 0.25) is 0 Å². The van der Waals surface area contributed by atoms with E-state index in [1.165, 1.54) is 19.2 Å². The Balaban J connectivity index is 1.92. The van der Waals surface area contributed by atoms with Crippen LogP contribution in [0.15, 0.2) is 53.4 Å². The minimum Gasteiger partial charge on any atom is -0.423 e. The fourth-order valence-electron chi connectivity index (χ4n) is 2.64. The number of fused-ring (bicyclic) bond motifs is 1. The molecule has 1 aliphatic rings. The molecule has 0 fully saturated rings. The molecule has 1 atom stereocenters. The second kappa shape index (κ2) is 6.14. The van der Waals surface area contributed by atoms with Crippen molar-refractivity contribution in [3.8, 4) is 5.75 Å². The minimum atomic E-state index is -3.30. The van der Waals surface area contributed by atoms with Crippen LogP contribution in [0.25, 0.3) is 0 Å². The first-order valence-corrected chi connectivity index (χ1v) is 8.83. The Bertz CT molecular complexity index is 827. The van der Waals surface area contributed by atoms with Crippen molar-refractivity contribution in [3.05, 3.63) is 59.7 Å². The van der Waals surface area contributed by atoms with Crippen LogP contribution in [0, 0.1) is 0 Å². The molecule has 0 saturated carbocycles. The second-order valence-electron chi connectivity index (χ2n) is 5.29. The molecule has 0 aliphatic carbocycles. The molecule has 0 N–H and O–H groups in total. The highest BCUT2D eigenvalue weighted by Gasteiger charge is 2.30. The van der Waals surface area contributed by atoms with Crippen molar-refractivity contribution in [3.63, 3.8) is 0 Å². The number of esters is 1. The standard InChI is InChI=1S/C17H16O5S/c1-21-15-9-10-23(19,20)16-8-7-13(11-14(15)16)22-17(18)12-5-3-2-4-6-12/h2-8,11,15H,9-10H2,1H3. The van der Waals surface area contributed by atoms with Crippen LogP contribution in [-0.2, 0) is 14.6 Å². The Morgan fingerprint density at radius 1 is 1.13 bits per heavy atom. The molecule has 0 bridgehead atoms. The van der Waals surface area contributed by atoms with Crippen molar-refractivity contribution in [2.45, 2.75) is 17.4 Å². The number of carbonyl (C=O) groups excluding carboxylic acids is 1. The van der Waals surface area contributed by atoms with E-state index in [0.29, 0.717) is 23.3 Å². The third kappa shape index (κ3) is 3.13. The number of methoxy groups -OCH3 is 1. The SMILES string of the molecule is COC1CCS(=O)(=O)c2ccc(OC(=O)c3ccccc3)cc21. The normalized spacial score (nSPS) is 18.9. The Morgan fingerprint density at radius 3 is 2.57 bits per heavy atom. The van der Waals surface area contributed by atoms with Gasteiger partial charge in [-0.3, -0.25) is 0 Å². The first kappa shape index (κ1) is 15.7. The van der Waals surface area contributed by atoms with Crippen LogP contribution in [-0.4, -0.2) is 27.2 Å². The highest BCUT2D eigenvalue weighted by molar-refractivity contribution is 7.91. The van der Waals surface area contributed by atoms with E-state index in [2.05, 4.69) is 0 Å². The predicted molar refractivity (Wildman–Crippen MR) is 84.3 cm³/mol. The fraction of sp³-hybridized carbons (Fsp3) is 0.235. The summed E-state index contributed by atoms with van der Waals surface area (Å²) >= 11 is 0. The number of hydrogen-bond donors (Lipinski definition) is 0. The maximum Gasteiger partial charge on any atom is 0.343 e. The molecule has 5 nitrogen and oxygen atoms in total. The average Bonchev–Trinajstić information content (AvgIpc) is 2.55. The molecule has 6 heteroatoms. The van der Waals surface area contributed by atoms with Gasteiger partial charge in [-0.1, -0.05) is 18.2 Å². The van der Waals surface area contributed by atoms with Gasteiger partial charge in [0.25, 0.3) is 0 Å². The summed E-state index contributed by atoms with van der Waals surface area (Å²) in [5.41, 5.74) is 0.971. The van der Waals surface area contributed by atoms with E-state index < -0.39 is 15.8 Å². The van der Waals surface area contributed by atoms with Gasteiger partial charge < -0.3 is 9.47 Å². The highest BCUT2D eigenvalue weighted by atomic mass is 32.2. The van der Waals surface area contributed by atoms with Gasteiger partial charge >= 0.3 is 5.97 Å². The summed E-state index contributed by atoms with van der Waals surface area (Å²) in [6, 6.07) is 13.2. The van der Waals surface area contributed by atoms with E-state index in [-0.39, 0.29) is 16.8 Å². The number of sulfone groups is 1. The Kier molecular flexibility index (Phi) is 4.19. The molecule has 2 aromatic rings. The summed E-state index contributed by atoms with van der Waals surface area (Å²) in [7, 11) is -1.77. The first-order valence-electron chi connectivity index (χ1n) is 7.18. The molecule has 0 radical (unpaired) electrons. The third-order valence-corrected chi connectivity index (χ3v) is 5.63. The van der Waals surface area contributed by atoms with Crippen molar-refractivity contribution in [2.24, 2.45) is 0 Å². The van der Waals surface area contributed by atoms with Gasteiger partial charge in [-0.25, -0.2) is 13.2 Å². The molecule has 1 heterocycles. The van der Waals surface area contributed by atoms with Crippen molar-refractivity contribution < 1.29 is 22.7 Å². The molecule has 23 heavy (non-hydrogen) atoms. The second-order valence-corrected chi connectivity index (χ2v) is 7.36. The van der Waals surface area contributed by atoms with Crippen molar-refractivity contribution in [1.82, 2.24) is 0 Å². The van der Waals surface area contributed by atoms with Crippen LogP contribution in [0.5, 0.6) is 5.75 Å². The topological polar surface area (TPSA) is 69.7 Å². The molecule has 1 aliphatic heterocycles. The molecule has 1 unspecified atom stereocenters. The zero-order valence-corrected chi connectivity index (χ0v) is 13.4. The Morgan fingerprint density at radius 2 is 1.87 bits per heavy atom. The maximum absolute atomic E-state index is 12.1. The lowest BCUT2D eigenvalue weighted by molar-refractivity contribution is 0.0731. The monoisotopic (exact) mass is 332 g/mol. The quantitative estimate of drug-likeness (QED) is 0.638. The third-order valence-electron chi connectivity index (χ3n) is 3.82. The molecule has 0 aromatic heterocycles. The van der Waals surface area contributed by atoms with Gasteiger partial charge in [0.2, 0.25) is 0 Å². The van der Waals surface area contributed by atoms with Gasteiger partial charge in [0.1, 0.15) is 5.75 Å². The first-order chi connectivity index (χ1) is 11.0. The van der Waals surface area contributed by atoms with Gasteiger partial charge in [-0.05, 0) is 36.8 Å². The lowest BCUT2D eigenvalue weighted by atomic mass is 10.1. The molecule has 3 rings (SSSR count). The fourth-order valence-corrected chi connectivity index (χ4v) is 4.21. The molecular formula is C17H16O5S. The maximum atomic E-state index is 12.1. The molecule has 0 spiro atoms. The molecule has 2 aromatic carbocycles. The van der Waals surface area contributed by atoms with E-state index in [9.17, 15) is 13.2 Å². The van der Waals surface area contributed by atoms with Crippen molar-refractivity contribution in [1.29, 1.82) is 0 Å². The smallest absolute Gasteiger partial charge is 0.343 e. The number of ether oxygens (including phenoxy) is 2. The van der Waals surface area contributed by atoms with Crippen LogP contribution < -0.4 is 4.74 Å². The van der Waals surface area contributed by atoms with Crippen LogP contribution in [0.4, 0.5) is 0 Å². The summed E-state index contributed by atoms with van der Waals surface area (Å²) in [6.45, 7) is 0. The van der Waals surface area contributed by atoms with E-state index in [1.54, 1.807) is 30.3 Å². The zero-order chi connectivity index (χ0) is 16.4. The Hall–Kier alpha value is -2.18. The van der Waals surface area contributed by atoms with Gasteiger partial charge in [0.15, 0.2) is 9.84 Å². The minimum absolute atomic E-state index is 0.0572. The largest absolute Gasteiger partial charge is 0.423 e. The number of carbonyl (C=O) groups is 1. The molecular weight excluding hydrogens is 316 g/mol. The molecule has 0 saturated heterocycles. The summed E-state index contributed by atoms with van der Waals surface area (Å²) in [5, 5.41) is 0. The van der Waals surface area contributed by atoms with Gasteiger partial charge in [0.05, 0.1) is 22.3 Å². The van der Waals surface area contributed by atoms with E-state index >= 15 is 0 Å². The zero-order valence-electron chi connectivity index (χ0n) is 12.6. The summed E-state index contributed by atoms with van der Waals surface area (Å²) < 4.78 is 34.9. The van der Waals surface area contributed by atoms with Crippen LogP contribution >= 0.6 is 0 Å². The average molecular weight is 332 g/mol. The number of benzene rings is 2. The van der Waals surface area contributed by atoms with Crippen molar-refractivity contribution in [2.75, 3.05) is 12.9 Å². The number of hydrogen-bond acceptors (Lipinski definition) is 5. The molecule has 0 amide bonds. The summed E-state index contributed by atoms with van der Waals surface area (Å²) in [4.78, 5) is 12.3. The van der Waals surface area contributed by atoms with Gasteiger partial charge in [-0.2, -0.15) is 0 Å². The molecule has 120 valence electrons. The lowest BCUT2D eigenvalue weighted by Crippen LogP contribution is -2.21. The summed E-state index contributed by atoms with van der Waals surface area (Å²) in [5.74, 6) is -0.128. The van der Waals surface area contributed by atoms with Gasteiger partial charge in [-0.15, -0.1) is 0 Å². The number of rotatable bonds is 3. The van der Waals surface area contributed by atoms with E-state index in [0.717, 1.165) is 0 Å². The Labute approximate surface area is 134 Å². The van der Waals surface area contributed by atoms with Crippen molar-refractivity contribution >= 4 is 15.8 Å².